The minimum Gasteiger partial charge on any atom is -0.0848 e. The molecule has 0 saturated heterocycles. The summed E-state index contributed by atoms with van der Waals surface area (Å²) in [6.45, 7) is 4.87. The Balaban J connectivity index is 1.91. The van der Waals surface area contributed by atoms with Crippen LogP contribution in [0.3, 0.4) is 0 Å². The van der Waals surface area contributed by atoms with Crippen molar-refractivity contribution in [2.24, 2.45) is 11.3 Å². The molecule has 1 fully saturated rings. The number of fused-ring (bicyclic) bond motifs is 2. The van der Waals surface area contributed by atoms with E-state index in [0.29, 0.717) is 5.41 Å². The van der Waals surface area contributed by atoms with Crippen LogP contribution < -0.4 is 0 Å². The van der Waals surface area contributed by atoms with Crippen LogP contribution in [-0.2, 0) is 0 Å². The van der Waals surface area contributed by atoms with Gasteiger partial charge in [-0.05, 0) is 37.0 Å². The highest BCUT2D eigenvalue weighted by Crippen LogP contribution is 2.51. The Kier molecular flexibility index (Phi) is 2.15. The van der Waals surface area contributed by atoms with Gasteiger partial charge in [-0.1, -0.05) is 31.3 Å². The molecule has 0 heterocycles. The summed E-state index contributed by atoms with van der Waals surface area (Å²) in [5.41, 5.74) is 0.687. The van der Waals surface area contributed by atoms with E-state index >= 15 is 0 Å². The molecule has 1 radical (unpaired) electrons. The van der Waals surface area contributed by atoms with Crippen LogP contribution in [0, 0.1) is 11.3 Å². The second-order valence-corrected chi connectivity index (χ2v) is 7.85. The van der Waals surface area contributed by atoms with Crippen molar-refractivity contribution in [3.05, 3.63) is 12.2 Å². The maximum absolute atomic E-state index is 2.53. The highest BCUT2D eigenvalue weighted by molar-refractivity contribution is 6.55. The van der Waals surface area contributed by atoms with E-state index < -0.39 is 0 Å². The van der Waals surface area contributed by atoms with E-state index in [4.69, 9.17) is 0 Å². The molecule has 0 N–H and O–H groups in total. The van der Waals surface area contributed by atoms with E-state index in [9.17, 15) is 0 Å². The predicted octanol–water partition coefficient (Wildman–Crippen LogP) is 3.49. The van der Waals surface area contributed by atoms with E-state index in [1.54, 1.807) is 0 Å². The molecule has 2 aliphatic rings. The van der Waals surface area contributed by atoms with Gasteiger partial charge in [-0.25, -0.2) is 0 Å². The number of allylic oxidation sites excluding steroid dienone is 2. The van der Waals surface area contributed by atoms with Crippen LogP contribution in [0.5, 0.6) is 0 Å². The van der Waals surface area contributed by atoms with E-state index in [1.165, 1.54) is 31.7 Å². The molecule has 67 valence electrons. The molecule has 1 saturated carbocycles. The van der Waals surface area contributed by atoms with E-state index in [1.807, 2.05) is 0 Å². The van der Waals surface area contributed by atoms with Gasteiger partial charge in [0.15, 0.2) is 0 Å². The van der Waals surface area contributed by atoms with Gasteiger partial charge in [0.1, 0.15) is 0 Å². The molecule has 1 heteroatoms. The molecule has 2 bridgehead atoms. The average molecular weight is 179 g/mol. The summed E-state index contributed by atoms with van der Waals surface area (Å²) in [4.78, 5) is 0. The first-order valence-corrected chi connectivity index (χ1v) is 7.89. The minimum absolute atomic E-state index is 0.0153. The summed E-state index contributed by atoms with van der Waals surface area (Å²) in [7, 11) is 0.0153. The van der Waals surface area contributed by atoms with Crippen molar-refractivity contribution in [3.8, 4) is 0 Å². The first-order valence-electron chi connectivity index (χ1n) is 5.19. The fourth-order valence-electron chi connectivity index (χ4n) is 2.66. The lowest BCUT2D eigenvalue weighted by Gasteiger charge is -2.23. The molecule has 2 unspecified atom stereocenters. The fourth-order valence-corrected chi connectivity index (χ4v) is 3.66. The van der Waals surface area contributed by atoms with Crippen LogP contribution in [0.1, 0.15) is 25.7 Å². The summed E-state index contributed by atoms with van der Waals surface area (Å²) >= 11 is 0. The van der Waals surface area contributed by atoms with Crippen LogP contribution in [0.2, 0.25) is 19.1 Å². The Labute approximate surface area is 77.7 Å². The van der Waals surface area contributed by atoms with Crippen LogP contribution >= 0.6 is 0 Å². The van der Waals surface area contributed by atoms with Gasteiger partial charge in [-0.15, -0.1) is 0 Å². The lowest BCUT2D eigenvalue weighted by molar-refractivity contribution is 0.387. The van der Waals surface area contributed by atoms with Crippen molar-refractivity contribution >= 4 is 8.80 Å². The predicted molar refractivity (Wildman–Crippen MR) is 55.8 cm³/mol. The first-order chi connectivity index (χ1) is 5.70. The second-order valence-electron chi connectivity index (χ2n) is 4.93. The lowest BCUT2D eigenvalue weighted by atomic mass is 9.85. The van der Waals surface area contributed by atoms with Crippen molar-refractivity contribution in [1.82, 2.24) is 0 Å². The van der Waals surface area contributed by atoms with Gasteiger partial charge in [-0.2, -0.15) is 0 Å². The van der Waals surface area contributed by atoms with Gasteiger partial charge in [0.25, 0.3) is 0 Å². The lowest BCUT2D eigenvalue weighted by Crippen LogP contribution is -2.14. The zero-order valence-electron chi connectivity index (χ0n) is 8.27. The standard InChI is InChI=1S/C11H19Si/c1-12(2)8-7-11-5-3-10(9-11)4-6-11/h3,5,10H,4,6-9H2,1-2H3. The van der Waals surface area contributed by atoms with Gasteiger partial charge in [-0.3, -0.25) is 0 Å². The zero-order chi connectivity index (χ0) is 8.60. The second kappa shape index (κ2) is 3.02. The Bertz CT molecular complexity index is 195. The van der Waals surface area contributed by atoms with Gasteiger partial charge in [0.05, 0.1) is 0 Å². The summed E-state index contributed by atoms with van der Waals surface area (Å²) in [5.74, 6) is 0.967. The van der Waals surface area contributed by atoms with Gasteiger partial charge >= 0.3 is 0 Å². The molecule has 0 aromatic heterocycles. The summed E-state index contributed by atoms with van der Waals surface area (Å²) < 4.78 is 0. The van der Waals surface area contributed by atoms with Crippen LogP contribution in [0.4, 0.5) is 0 Å². The zero-order valence-corrected chi connectivity index (χ0v) is 9.27. The third-order valence-corrected chi connectivity index (χ3v) is 4.78. The molecule has 2 rings (SSSR count). The van der Waals surface area contributed by atoms with Crippen molar-refractivity contribution < 1.29 is 0 Å². The minimum atomic E-state index is 0.0153. The van der Waals surface area contributed by atoms with Crippen molar-refractivity contribution in [2.75, 3.05) is 0 Å². The number of hydrogen-bond acceptors (Lipinski definition) is 0. The molecule has 12 heavy (non-hydrogen) atoms. The van der Waals surface area contributed by atoms with E-state index in [2.05, 4.69) is 25.2 Å². The number of hydrogen-bond donors (Lipinski definition) is 0. The third-order valence-electron chi connectivity index (χ3n) is 3.53. The molecule has 0 nitrogen and oxygen atoms in total. The summed E-state index contributed by atoms with van der Waals surface area (Å²) in [5, 5.41) is 0. The Hall–Kier alpha value is -0.0431. The maximum Gasteiger partial charge on any atom is 0.0413 e. The van der Waals surface area contributed by atoms with Gasteiger partial charge < -0.3 is 0 Å². The Morgan fingerprint density at radius 3 is 2.75 bits per heavy atom. The normalized spacial score (nSPS) is 38.4. The molecule has 0 amide bonds. The molecular weight excluding hydrogens is 160 g/mol. The highest BCUT2D eigenvalue weighted by Gasteiger charge is 2.39. The Morgan fingerprint density at radius 1 is 1.50 bits per heavy atom. The van der Waals surface area contributed by atoms with Crippen molar-refractivity contribution in [3.63, 3.8) is 0 Å². The van der Waals surface area contributed by atoms with Crippen molar-refractivity contribution in [1.29, 1.82) is 0 Å². The highest BCUT2D eigenvalue weighted by atomic mass is 28.3. The molecule has 0 aliphatic heterocycles. The quantitative estimate of drug-likeness (QED) is 0.459. The monoisotopic (exact) mass is 179 g/mol. The van der Waals surface area contributed by atoms with Crippen LogP contribution in [0.15, 0.2) is 12.2 Å². The Morgan fingerprint density at radius 2 is 2.33 bits per heavy atom. The number of rotatable bonds is 3. The third kappa shape index (κ3) is 1.52. The summed E-state index contributed by atoms with van der Waals surface area (Å²) in [6.07, 6.45) is 11.0. The molecule has 0 aromatic rings. The topological polar surface area (TPSA) is 0 Å². The van der Waals surface area contributed by atoms with Gasteiger partial charge in [0, 0.05) is 8.80 Å². The first kappa shape index (κ1) is 8.55. The molecular formula is C11H19Si. The van der Waals surface area contributed by atoms with Crippen LogP contribution in [-0.4, -0.2) is 8.80 Å². The largest absolute Gasteiger partial charge is 0.0848 e. The molecule has 2 atom stereocenters. The van der Waals surface area contributed by atoms with Crippen molar-refractivity contribution in [2.45, 2.75) is 44.8 Å². The average Bonchev–Trinajstić information content (AvgIpc) is 2.60. The van der Waals surface area contributed by atoms with Crippen LogP contribution in [0.25, 0.3) is 0 Å². The smallest absolute Gasteiger partial charge is 0.0413 e. The van der Waals surface area contributed by atoms with Gasteiger partial charge in [0.2, 0.25) is 0 Å². The maximum atomic E-state index is 2.53. The SMILES string of the molecule is C[Si](C)CCC12C=CC(CC1)C2. The van der Waals surface area contributed by atoms with E-state index in [-0.39, 0.29) is 8.80 Å². The molecule has 0 spiro atoms. The molecule has 0 aromatic carbocycles. The molecule has 2 aliphatic carbocycles. The fraction of sp³-hybridized carbons (Fsp3) is 0.818. The summed E-state index contributed by atoms with van der Waals surface area (Å²) in [6, 6.07) is 1.52. The van der Waals surface area contributed by atoms with E-state index in [0.717, 1.165) is 5.92 Å².